The molecule has 0 aliphatic heterocycles. The van der Waals surface area contributed by atoms with Crippen molar-refractivity contribution in [3.8, 4) is 0 Å². The number of thioether (sulfide) groups is 1. The summed E-state index contributed by atoms with van der Waals surface area (Å²) in [7, 11) is 0. The molecule has 1 amide bonds. The number of benzene rings is 1. The average Bonchev–Trinajstić information content (AvgIpc) is 2.59. The van der Waals surface area contributed by atoms with Gasteiger partial charge in [0.2, 0.25) is 0 Å². The summed E-state index contributed by atoms with van der Waals surface area (Å²) in [6.45, 7) is 3.74. The summed E-state index contributed by atoms with van der Waals surface area (Å²) in [5, 5.41) is 15.2. The fraction of sp³-hybridized carbons (Fsp3) is 0.176. The van der Waals surface area contributed by atoms with Crippen LogP contribution in [0.5, 0.6) is 0 Å². The summed E-state index contributed by atoms with van der Waals surface area (Å²) < 4.78 is 0. The Morgan fingerprint density at radius 1 is 1.31 bits per heavy atom. The minimum Gasteiger partial charge on any atom is -0.272 e. The maximum absolute atomic E-state index is 11.7. The van der Waals surface area contributed by atoms with Crippen molar-refractivity contribution in [2.75, 3.05) is 5.75 Å². The third kappa shape index (κ3) is 6.10. The molecule has 0 spiro atoms. The van der Waals surface area contributed by atoms with E-state index in [-0.39, 0.29) is 17.3 Å². The van der Waals surface area contributed by atoms with Gasteiger partial charge in [-0.05, 0) is 38.1 Å². The van der Waals surface area contributed by atoms with Crippen molar-refractivity contribution >= 4 is 35.6 Å². The van der Waals surface area contributed by atoms with Crippen molar-refractivity contribution in [2.45, 2.75) is 19.0 Å². The van der Waals surface area contributed by atoms with Gasteiger partial charge in [0.25, 0.3) is 11.6 Å². The monoisotopic (exact) mass is 371 g/mol. The number of nitro benzene ring substituents is 1. The van der Waals surface area contributed by atoms with Gasteiger partial charge in [-0.15, -0.1) is 0 Å². The maximum atomic E-state index is 11.7. The van der Waals surface area contributed by atoms with Crippen LogP contribution in [0, 0.1) is 24.0 Å². The summed E-state index contributed by atoms with van der Waals surface area (Å²) >= 11 is 1.22. The third-order valence-corrected chi connectivity index (χ3v) is 3.90. The van der Waals surface area contributed by atoms with Crippen molar-refractivity contribution in [2.24, 2.45) is 5.10 Å². The van der Waals surface area contributed by atoms with Gasteiger partial charge >= 0.3 is 0 Å². The fourth-order valence-corrected chi connectivity index (χ4v) is 2.76. The molecule has 0 aliphatic rings. The van der Waals surface area contributed by atoms with Crippen LogP contribution in [0.25, 0.3) is 6.08 Å². The highest BCUT2D eigenvalue weighted by atomic mass is 32.2. The molecule has 0 bridgehead atoms. The summed E-state index contributed by atoms with van der Waals surface area (Å²) in [5.41, 5.74) is 4.53. The van der Waals surface area contributed by atoms with Crippen molar-refractivity contribution in [1.29, 1.82) is 0 Å². The molecule has 26 heavy (non-hydrogen) atoms. The molecule has 0 radical (unpaired) electrons. The van der Waals surface area contributed by atoms with E-state index in [4.69, 9.17) is 0 Å². The molecule has 2 rings (SSSR count). The van der Waals surface area contributed by atoms with Crippen LogP contribution in [0.4, 0.5) is 5.69 Å². The van der Waals surface area contributed by atoms with Crippen LogP contribution in [-0.2, 0) is 4.79 Å². The van der Waals surface area contributed by atoms with E-state index < -0.39 is 4.92 Å². The zero-order valence-electron chi connectivity index (χ0n) is 14.2. The van der Waals surface area contributed by atoms with E-state index in [1.54, 1.807) is 24.3 Å². The van der Waals surface area contributed by atoms with E-state index in [2.05, 4.69) is 20.5 Å². The van der Waals surface area contributed by atoms with Gasteiger partial charge in [-0.2, -0.15) is 5.10 Å². The Morgan fingerprint density at radius 3 is 2.69 bits per heavy atom. The number of hydrogen-bond acceptors (Lipinski definition) is 7. The zero-order chi connectivity index (χ0) is 18.9. The molecular weight excluding hydrogens is 354 g/mol. The van der Waals surface area contributed by atoms with E-state index in [0.29, 0.717) is 10.7 Å². The van der Waals surface area contributed by atoms with Crippen LogP contribution >= 0.6 is 11.8 Å². The zero-order valence-corrected chi connectivity index (χ0v) is 15.1. The van der Waals surface area contributed by atoms with Crippen LogP contribution in [0.3, 0.4) is 0 Å². The highest BCUT2D eigenvalue weighted by Crippen LogP contribution is 2.18. The number of carbonyl (C=O) groups excluding carboxylic acids is 1. The summed E-state index contributed by atoms with van der Waals surface area (Å²) in [5.74, 6) is -0.165. The standard InChI is InChI=1S/C17H17N5O3S/c1-12-10-13(2)20-17(19-12)26-11-16(23)21-18-9-5-7-14-6-3-4-8-15(14)22(24)25/h3-10H,11H2,1-2H3,(H,21,23)/b7-5+,18-9+. The predicted octanol–water partition coefficient (Wildman–Crippen LogP) is 2.91. The maximum Gasteiger partial charge on any atom is 0.276 e. The number of rotatable bonds is 7. The molecule has 1 aromatic heterocycles. The molecule has 1 N–H and O–H groups in total. The van der Waals surface area contributed by atoms with Gasteiger partial charge < -0.3 is 0 Å². The minimum atomic E-state index is -0.453. The second kappa shape index (κ2) is 9.42. The number of hydrazone groups is 1. The molecule has 1 heterocycles. The highest BCUT2D eigenvalue weighted by molar-refractivity contribution is 7.99. The van der Waals surface area contributed by atoms with Crippen LogP contribution in [0.15, 0.2) is 46.7 Å². The number of nitro groups is 1. The first-order chi connectivity index (χ1) is 12.5. The molecular formula is C17H17N5O3S. The lowest BCUT2D eigenvalue weighted by atomic mass is 10.2. The Kier molecular flexibility index (Phi) is 6.98. The van der Waals surface area contributed by atoms with Gasteiger partial charge in [-0.25, -0.2) is 15.4 Å². The van der Waals surface area contributed by atoms with E-state index in [9.17, 15) is 14.9 Å². The second-order valence-corrected chi connectivity index (χ2v) is 6.15. The number of nitrogens with one attached hydrogen (secondary N) is 1. The van der Waals surface area contributed by atoms with E-state index in [0.717, 1.165) is 11.4 Å². The number of amides is 1. The van der Waals surface area contributed by atoms with Crippen LogP contribution in [0.1, 0.15) is 17.0 Å². The highest BCUT2D eigenvalue weighted by Gasteiger charge is 2.08. The molecule has 0 saturated heterocycles. The fourth-order valence-electron chi connectivity index (χ4n) is 2.01. The smallest absolute Gasteiger partial charge is 0.272 e. The van der Waals surface area contributed by atoms with Crippen LogP contribution < -0.4 is 5.43 Å². The predicted molar refractivity (Wildman–Crippen MR) is 101 cm³/mol. The largest absolute Gasteiger partial charge is 0.276 e. The second-order valence-electron chi connectivity index (χ2n) is 5.21. The van der Waals surface area contributed by atoms with Gasteiger partial charge in [-0.3, -0.25) is 14.9 Å². The Labute approximate surface area is 154 Å². The van der Waals surface area contributed by atoms with Crippen molar-refractivity contribution < 1.29 is 9.72 Å². The number of aryl methyl sites for hydroxylation is 2. The van der Waals surface area contributed by atoms with E-state index >= 15 is 0 Å². The number of para-hydroxylation sites is 1. The van der Waals surface area contributed by atoms with Crippen molar-refractivity contribution in [3.63, 3.8) is 0 Å². The molecule has 0 fully saturated rings. The number of hydrogen-bond donors (Lipinski definition) is 1. The Balaban J connectivity index is 1.83. The van der Waals surface area contributed by atoms with Gasteiger partial charge in [0.05, 0.1) is 16.2 Å². The summed E-state index contributed by atoms with van der Waals surface area (Å²) in [4.78, 5) is 30.7. The quantitative estimate of drug-likeness (QED) is 0.263. The Bertz CT molecular complexity index is 847. The molecule has 134 valence electrons. The van der Waals surface area contributed by atoms with Crippen molar-refractivity contribution in [3.05, 3.63) is 63.5 Å². The van der Waals surface area contributed by atoms with Gasteiger partial charge in [-0.1, -0.05) is 23.9 Å². The molecule has 9 heteroatoms. The third-order valence-electron chi connectivity index (χ3n) is 3.05. The first-order valence-corrected chi connectivity index (χ1v) is 8.61. The molecule has 0 unspecified atom stereocenters. The van der Waals surface area contributed by atoms with E-state index in [1.165, 1.54) is 30.1 Å². The molecule has 8 nitrogen and oxygen atoms in total. The molecule has 0 saturated carbocycles. The lowest BCUT2D eigenvalue weighted by Crippen LogP contribution is -2.19. The number of aromatic nitrogens is 2. The summed E-state index contributed by atoms with van der Waals surface area (Å²) in [6, 6.07) is 8.21. The lowest BCUT2D eigenvalue weighted by Gasteiger charge is -2.02. The number of allylic oxidation sites excluding steroid dienone is 1. The van der Waals surface area contributed by atoms with Gasteiger partial charge in [0.15, 0.2) is 5.16 Å². The number of carbonyl (C=O) groups is 1. The van der Waals surface area contributed by atoms with E-state index in [1.807, 2.05) is 19.9 Å². The Hall–Kier alpha value is -3.07. The average molecular weight is 371 g/mol. The molecule has 0 atom stereocenters. The lowest BCUT2D eigenvalue weighted by molar-refractivity contribution is -0.385. The van der Waals surface area contributed by atoms with Crippen LogP contribution in [0.2, 0.25) is 0 Å². The first-order valence-electron chi connectivity index (χ1n) is 7.63. The van der Waals surface area contributed by atoms with Gasteiger partial charge in [0, 0.05) is 23.7 Å². The SMILES string of the molecule is Cc1cc(C)nc(SCC(=O)N/N=C/C=C/c2ccccc2[N+](=O)[O-])n1. The Morgan fingerprint density at radius 2 is 2.00 bits per heavy atom. The van der Waals surface area contributed by atoms with Gasteiger partial charge in [0.1, 0.15) is 0 Å². The normalized spacial score (nSPS) is 11.2. The van der Waals surface area contributed by atoms with Crippen LogP contribution in [-0.4, -0.2) is 32.8 Å². The minimum absolute atomic E-state index is 0.00559. The number of nitrogens with zero attached hydrogens (tertiary/aromatic N) is 4. The molecule has 2 aromatic rings. The summed E-state index contributed by atoms with van der Waals surface area (Å²) in [6.07, 6.45) is 4.42. The molecule has 1 aromatic carbocycles. The topological polar surface area (TPSA) is 110 Å². The molecule has 0 aliphatic carbocycles. The van der Waals surface area contributed by atoms with Crippen molar-refractivity contribution in [1.82, 2.24) is 15.4 Å². The first kappa shape index (κ1) is 19.3.